The summed E-state index contributed by atoms with van der Waals surface area (Å²) in [7, 11) is 0. The third kappa shape index (κ3) is 1.70. The van der Waals surface area contributed by atoms with Gasteiger partial charge in [-0.15, -0.1) is 0 Å². The topological polar surface area (TPSA) is 43.5 Å². The summed E-state index contributed by atoms with van der Waals surface area (Å²) in [5, 5.41) is 0. The van der Waals surface area contributed by atoms with Gasteiger partial charge in [-0.1, -0.05) is 0 Å². The summed E-state index contributed by atoms with van der Waals surface area (Å²) in [5.74, 6) is -0.0240. The van der Waals surface area contributed by atoms with Crippen molar-refractivity contribution in [3.63, 3.8) is 0 Å². The lowest BCUT2D eigenvalue weighted by molar-refractivity contribution is -0.117. The van der Waals surface area contributed by atoms with Gasteiger partial charge in [-0.2, -0.15) is 0 Å². The molecular weight excluding hydrogens is 192 g/mol. The van der Waals surface area contributed by atoms with Crippen LogP contribution in [-0.2, 0) is 11.3 Å². The number of aromatic nitrogens is 2. The molecule has 0 aliphatic heterocycles. The van der Waals surface area contributed by atoms with Gasteiger partial charge in [0.1, 0.15) is 11.4 Å². The Morgan fingerprint density at radius 3 is 2.87 bits per heavy atom. The number of carbonyl (C=O) groups is 1. The average Bonchev–Trinajstić information content (AvgIpc) is 2.51. The Morgan fingerprint density at radius 1 is 1.47 bits per heavy atom. The molecule has 0 aromatic carbocycles. The first-order chi connectivity index (χ1) is 7.08. The highest BCUT2D eigenvalue weighted by Gasteiger charge is 2.05. The smallest absolute Gasteiger partial charge is 0.253 e. The highest BCUT2D eigenvalue weighted by atomic mass is 16.1. The molecule has 0 saturated carbocycles. The van der Waals surface area contributed by atoms with Gasteiger partial charge < -0.3 is 4.40 Å². The van der Waals surface area contributed by atoms with Gasteiger partial charge in [0.05, 0.1) is 6.54 Å². The van der Waals surface area contributed by atoms with Gasteiger partial charge in [-0.25, -0.2) is 0 Å². The molecule has 0 spiro atoms. The van der Waals surface area contributed by atoms with Gasteiger partial charge in [0, 0.05) is 18.5 Å². The lowest BCUT2D eigenvalue weighted by Crippen LogP contribution is -2.23. The predicted octanol–water partition coefficient (Wildman–Crippen LogP) is 0.998. The monoisotopic (exact) mass is 204 g/mol. The molecule has 0 unspecified atom stereocenters. The van der Waals surface area contributed by atoms with Crippen LogP contribution in [0.4, 0.5) is 0 Å². The number of hydrogen-bond acceptors (Lipinski definition) is 2. The van der Waals surface area contributed by atoms with Gasteiger partial charge in [-0.3, -0.25) is 14.2 Å². The number of Topliss-reactive ketones (excluding diaryl/α,β-unsaturated/α-hetero) is 1. The molecule has 0 bridgehead atoms. The Bertz CT molecular complexity index is 578. The number of nitrogens with zero attached hydrogens (tertiary/aromatic N) is 2. The SMILES string of the molecule is CC(=O)Cn1c(=O)ccn2cc(C)cc12. The molecule has 2 aromatic rings. The van der Waals surface area contributed by atoms with E-state index in [9.17, 15) is 9.59 Å². The lowest BCUT2D eigenvalue weighted by atomic mass is 10.4. The second kappa shape index (κ2) is 3.38. The van der Waals surface area contributed by atoms with E-state index in [1.165, 1.54) is 17.6 Å². The van der Waals surface area contributed by atoms with Crippen molar-refractivity contribution in [3.8, 4) is 0 Å². The van der Waals surface area contributed by atoms with E-state index < -0.39 is 0 Å². The maximum atomic E-state index is 11.6. The first-order valence-corrected chi connectivity index (χ1v) is 4.75. The molecule has 0 aliphatic carbocycles. The van der Waals surface area contributed by atoms with E-state index in [0.717, 1.165) is 11.2 Å². The molecule has 4 nitrogen and oxygen atoms in total. The van der Waals surface area contributed by atoms with Crippen LogP contribution in [0.1, 0.15) is 12.5 Å². The Kier molecular flexibility index (Phi) is 2.19. The van der Waals surface area contributed by atoms with Crippen LogP contribution in [0.15, 0.2) is 29.3 Å². The second-order valence-electron chi connectivity index (χ2n) is 3.73. The van der Waals surface area contributed by atoms with Gasteiger partial charge >= 0.3 is 0 Å². The minimum atomic E-state index is -0.143. The van der Waals surface area contributed by atoms with E-state index in [-0.39, 0.29) is 17.9 Å². The van der Waals surface area contributed by atoms with Gasteiger partial charge in [0.2, 0.25) is 0 Å². The number of aryl methyl sites for hydroxylation is 1. The van der Waals surface area contributed by atoms with Crippen molar-refractivity contribution >= 4 is 11.4 Å². The number of hydrogen-bond donors (Lipinski definition) is 0. The minimum Gasteiger partial charge on any atom is -0.309 e. The van der Waals surface area contributed by atoms with E-state index in [4.69, 9.17) is 0 Å². The van der Waals surface area contributed by atoms with Crippen LogP contribution >= 0.6 is 0 Å². The Balaban J connectivity index is 2.73. The number of rotatable bonds is 2. The second-order valence-corrected chi connectivity index (χ2v) is 3.73. The summed E-state index contributed by atoms with van der Waals surface area (Å²) in [6.07, 6.45) is 3.63. The molecule has 0 fully saturated rings. The van der Waals surface area contributed by atoms with Crippen LogP contribution in [0.5, 0.6) is 0 Å². The molecular formula is C11H12N2O2. The van der Waals surface area contributed by atoms with Crippen LogP contribution in [0.2, 0.25) is 0 Å². The van der Waals surface area contributed by atoms with E-state index in [1.54, 1.807) is 6.20 Å². The zero-order valence-corrected chi connectivity index (χ0v) is 8.73. The fourth-order valence-corrected chi connectivity index (χ4v) is 1.67. The van der Waals surface area contributed by atoms with Crippen molar-refractivity contribution in [2.75, 3.05) is 0 Å². The van der Waals surface area contributed by atoms with Gasteiger partial charge in [0.15, 0.2) is 0 Å². The van der Waals surface area contributed by atoms with E-state index in [0.29, 0.717) is 0 Å². The molecule has 0 saturated heterocycles. The van der Waals surface area contributed by atoms with Crippen molar-refractivity contribution in [1.82, 2.24) is 8.97 Å². The van der Waals surface area contributed by atoms with Crippen LogP contribution in [0, 0.1) is 6.92 Å². The van der Waals surface area contributed by atoms with E-state index in [1.807, 2.05) is 23.6 Å². The molecule has 0 N–H and O–H groups in total. The largest absolute Gasteiger partial charge is 0.309 e. The molecule has 4 heteroatoms. The first-order valence-electron chi connectivity index (χ1n) is 4.75. The van der Waals surface area contributed by atoms with Crippen LogP contribution in [-0.4, -0.2) is 14.8 Å². The van der Waals surface area contributed by atoms with Gasteiger partial charge in [-0.05, 0) is 25.5 Å². The fourth-order valence-electron chi connectivity index (χ4n) is 1.67. The molecule has 0 amide bonds. The van der Waals surface area contributed by atoms with Gasteiger partial charge in [0.25, 0.3) is 5.56 Å². The maximum Gasteiger partial charge on any atom is 0.253 e. The standard InChI is InChI=1S/C11H12N2O2/c1-8-5-10-12(6-8)4-3-11(15)13(10)7-9(2)14/h3-6H,7H2,1-2H3. The summed E-state index contributed by atoms with van der Waals surface area (Å²) in [6, 6.07) is 3.36. The lowest BCUT2D eigenvalue weighted by Gasteiger charge is -2.05. The van der Waals surface area contributed by atoms with Crippen LogP contribution < -0.4 is 5.56 Å². The normalized spacial score (nSPS) is 10.8. The van der Waals surface area contributed by atoms with E-state index >= 15 is 0 Å². The Labute approximate surface area is 86.8 Å². The van der Waals surface area contributed by atoms with Crippen LogP contribution in [0.25, 0.3) is 5.65 Å². The van der Waals surface area contributed by atoms with Crippen molar-refractivity contribution in [3.05, 3.63) is 40.4 Å². The molecule has 78 valence electrons. The number of carbonyl (C=O) groups excluding carboxylic acids is 1. The van der Waals surface area contributed by atoms with Crippen molar-refractivity contribution in [2.24, 2.45) is 0 Å². The molecule has 0 atom stereocenters. The summed E-state index contributed by atoms with van der Waals surface area (Å²) in [5.41, 5.74) is 1.68. The average molecular weight is 204 g/mol. The van der Waals surface area contributed by atoms with Crippen molar-refractivity contribution in [1.29, 1.82) is 0 Å². The summed E-state index contributed by atoms with van der Waals surface area (Å²) < 4.78 is 3.33. The highest BCUT2D eigenvalue weighted by Crippen LogP contribution is 2.06. The molecule has 0 radical (unpaired) electrons. The zero-order chi connectivity index (χ0) is 11.0. The zero-order valence-electron chi connectivity index (χ0n) is 8.73. The summed E-state index contributed by atoms with van der Waals surface area (Å²) in [6.45, 7) is 3.56. The molecule has 0 aliphatic rings. The third-order valence-corrected chi connectivity index (χ3v) is 2.27. The predicted molar refractivity (Wildman–Crippen MR) is 57.1 cm³/mol. The van der Waals surface area contributed by atoms with Crippen molar-refractivity contribution < 1.29 is 4.79 Å². The maximum absolute atomic E-state index is 11.6. The fraction of sp³-hybridized carbons (Fsp3) is 0.273. The summed E-state index contributed by atoms with van der Waals surface area (Å²) in [4.78, 5) is 22.6. The first kappa shape index (κ1) is 9.71. The Hall–Kier alpha value is -1.84. The number of fused-ring (bicyclic) bond motifs is 1. The quantitative estimate of drug-likeness (QED) is 0.732. The molecule has 2 aromatic heterocycles. The highest BCUT2D eigenvalue weighted by molar-refractivity contribution is 5.76. The minimum absolute atomic E-state index is 0.0240. The Morgan fingerprint density at radius 2 is 2.20 bits per heavy atom. The van der Waals surface area contributed by atoms with Crippen LogP contribution in [0.3, 0.4) is 0 Å². The van der Waals surface area contributed by atoms with Crippen molar-refractivity contribution in [2.45, 2.75) is 20.4 Å². The molecule has 2 rings (SSSR count). The third-order valence-electron chi connectivity index (χ3n) is 2.27. The molecule has 2 heterocycles. The van der Waals surface area contributed by atoms with E-state index in [2.05, 4.69) is 0 Å². The summed E-state index contributed by atoms with van der Waals surface area (Å²) >= 11 is 0. The molecule has 15 heavy (non-hydrogen) atoms. The number of ketones is 1.